The number of hydrazone groups is 1. The van der Waals surface area contributed by atoms with Gasteiger partial charge in [0.2, 0.25) is 5.91 Å². The number of hydrogen-bond donors (Lipinski definition) is 2. The van der Waals surface area contributed by atoms with Crippen molar-refractivity contribution in [1.82, 2.24) is 15.4 Å². The number of fused-ring (bicyclic) bond motifs is 1. The summed E-state index contributed by atoms with van der Waals surface area (Å²) in [5, 5.41) is 4.27. The van der Waals surface area contributed by atoms with E-state index in [4.69, 9.17) is 0 Å². The molecule has 0 aliphatic carbocycles. The van der Waals surface area contributed by atoms with Gasteiger partial charge in [0.05, 0.1) is 18.0 Å². The van der Waals surface area contributed by atoms with Gasteiger partial charge in [0.1, 0.15) is 16.4 Å². The average Bonchev–Trinajstić information content (AvgIpc) is 2.90. The van der Waals surface area contributed by atoms with Crippen LogP contribution in [-0.2, 0) is 11.2 Å². The molecule has 146 valence electrons. The number of H-pyrrole nitrogens is 1. The van der Waals surface area contributed by atoms with Crippen molar-refractivity contribution in [3.05, 3.63) is 56.4 Å². The van der Waals surface area contributed by atoms with E-state index in [-0.39, 0.29) is 29.1 Å². The maximum absolute atomic E-state index is 12.4. The van der Waals surface area contributed by atoms with Crippen LogP contribution in [0.4, 0.5) is 8.78 Å². The van der Waals surface area contributed by atoms with Crippen LogP contribution in [0.1, 0.15) is 21.8 Å². The molecule has 0 aliphatic rings. The number of halogens is 2. The lowest BCUT2D eigenvalue weighted by Crippen LogP contribution is -2.23. The minimum atomic E-state index is -2.97. The Morgan fingerprint density at radius 2 is 2.14 bits per heavy atom. The lowest BCUT2D eigenvalue weighted by molar-refractivity contribution is -0.120. The molecule has 0 spiro atoms. The van der Waals surface area contributed by atoms with E-state index in [0.717, 1.165) is 10.4 Å². The van der Waals surface area contributed by atoms with Gasteiger partial charge in [0.15, 0.2) is 0 Å². The molecule has 0 bridgehead atoms. The summed E-state index contributed by atoms with van der Waals surface area (Å²) in [6.45, 7) is 0.783. The first-order valence-corrected chi connectivity index (χ1v) is 9.01. The second-order valence-electron chi connectivity index (χ2n) is 5.86. The second-order valence-corrected chi connectivity index (χ2v) is 7.07. The molecule has 0 radical (unpaired) electrons. The van der Waals surface area contributed by atoms with Crippen molar-refractivity contribution >= 4 is 33.7 Å². The monoisotopic (exact) mass is 406 g/mol. The van der Waals surface area contributed by atoms with Crippen molar-refractivity contribution in [1.29, 1.82) is 0 Å². The number of carbonyl (C=O) groups excluding carboxylic acids is 1. The molecule has 0 saturated carbocycles. The predicted molar refractivity (Wildman–Crippen MR) is 102 cm³/mol. The van der Waals surface area contributed by atoms with E-state index in [9.17, 15) is 18.4 Å². The molecule has 0 fully saturated rings. The molecular formula is C18H16F2N4O3S. The van der Waals surface area contributed by atoms with Gasteiger partial charge >= 0.3 is 6.61 Å². The lowest BCUT2D eigenvalue weighted by atomic mass is 10.2. The quantitative estimate of drug-likeness (QED) is 0.486. The highest BCUT2D eigenvalue weighted by Gasteiger charge is 2.13. The van der Waals surface area contributed by atoms with Gasteiger partial charge in [-0.05, 0) is 31.5 Å². The van der Waals surface area contributed by atoms with Gasteiger partial charge in [-0.1, -0.05) is 12.1 Å². The second kappa shape index (κ2) is 8.26. The topological polar surface area (TPSA) is 96.4 Å². The Balaban J connectivity index is 1.69. The number of rotatable bonds is 6. The van der Waals surface area contributed by atoms with Gasteiger partial charge in [-0.2, -0.15) is 13.9 Å². The van der Waals surface area contributed by atoms with Crippen LogP contribution in [0.25, 0.3) is 10.2 Å². The summed E-state index contributed by atoms with van der Waals surface area (Å²) in [5.74, 6) is -0.362. The summed E-state index contributed by atoms with van der Waals surface area (Å²) in [7, 11) is 0. The number of aryl methyl sites for hydroxylation is 2. The van der Waals surface area contributed by atoms with E-state index in [1.54, 1.807) is 12.1 Å². The Labute approximate surface area is 162 Å². The van der Waals surface area contributed by atoms with Crippen molar-refractivity contribution in [2.45, 2.75) is 26.9 Å². The van der Waals surface area contributed by atoms with Crippen LogP contribution in [0, 0.1) is 13.8 Å². The summed E-state index contributed by atoms with van der Waals surface area (Å²) in [6.07, 6.45) is 1.01. The molecule has 3 aromatic rings. The zero-order chi connectivity index (χ0) is 20.3. The van der Waals surface area contributed by atoms with E-state index < -0.39 is 12.5 Å². The molecule has 10 heteroatoms. The summed E-state index contributed by atoms with van der Waals surface area (Å²) in [5.41, 5.74) is 3.13. The SMILES string of the molecule is Cc1sc2nc(CC(=O)N/N=C\c3ccccc3OC(F)F)[nH]c(=O)c2c1C. The van der Waals surface area contributed by atoms with Crippen LogP contribution in [0.3, 0.4) is 0 Å². The minimum absolute atomic E-state index is 0.0598. The highest BCUT2D eigenvalue weighted by molar-refractivity contribution is 7.18. The van der Waals surface area contributed by atoms with Gasteiger partial charge in [-0.15, -0.1) is 11.3 Å². The summed E-state index contributed by atoms with van der Waals surface area (Å²) in [6, 6.07) is 6.04. The molecule has 0 saturated heterocycles. The van der Waals surface area contributed by atoms with E-state index in [0.29, 0.717) is 10.2 Å². The molecule has 0 atom stereocenters. The fourth-order valence-corrected chi connectivity index (χ4v) is 3.59. The van der Waals surface area contributed by atoms with Crippen molar-refractivity contribution in [2.75, 3.05) is 0 Å². The third-order valence-corrected chi connectivity index (χ3v) is 5.05. The highest BCUT2D eigenvalue weighted by Crippen LogP contribution is 2.25. The van der Waals surface area contributed by atoms with Crippen LogP contribution >= 0.6 is 11.3 Å². The number of aromatic amines is 1. The number of nitrogens with one attached hydrogen (secondary N) is 2. The fourth-order valence-electron chi connectivity index (χ4n) is 2.54. The number of thiophene rings is 1. The summed E-state index contributed by atoms with van der Waals surface area (Å²) < 4.78 is 29.2. The van der Waals surface area contributed by atoms with Crippen LogP contribution in [0.15, 0.2) is 34.2 Å². The number of ether oxygens (including phenoxy) is 1. The maximum Gasteiger partial charge on any atom is 0.387 e. The Morgan fingerprint density at radius 1 is 1.39 bits per heavy atom. The molecule has 2 N–H and O–H groups in total. The molecule has 0 aliphatic heterocycles. The standard InChI is InChI=1S/C18H16F2N4O3S/c1-9-10(2)28-17-15(9)16(26)22-13(23-17)7-14(25)24-21-8-11-5-3-4-6-12(11)27-18(19)20/h3-6,8,18H,7H2,1-2H3,(H,24,25)(H,22,23,26)/b21-8-. The maximum atomic E-state index is 12.4. The molecule has 28 heavy (non-hydrogen) atoms. The Morgan fingerprint density at radius 3 is 2.89 bits per heavy atom. The first kappa shape index (κ1) is 19.6. The lowest BCUT2D eigenvalue weighted by Gasteiger charge is -2.06. The van der Waals surface area contributed by atoms with Gasteiger partial charge in [0, 0.05) is 10.4 Å². The number of carbonyl (C=O) groups is 1. The number of amides is 1. The average molecular weight is 406 g/mol. The smallest absolute Gasteiger partial charge is 0.387 e. The largest absolute Gasteiger partial charge is 0.434 e. The zero-order valence-electron chi connectivity index (χ0n) is 15.0. The molecule has 1 amide bonds. The first-order chi connectivity index (χ1) is 13.3. The van der Waals surface area contributed by atoms with Gasteiger partial charge < -0.3 is 9.72 Å². The van der Waals surface area contributed by atoms with Gasteiger partial charge in [-0.25, -0.2) is 10.4 Å². The Hall–Kier alpha value is -3.14. The van der Waals surface area contributed by atoms with Gasteiger partial charge in [-0.3, -0.25) is 9.59 Å². The van der Waals surface area contributed by atoms with Crippen LogP contribution < -0.4 is 15.7 Å². The molecule has 3 rings (SSSR count). The molecular weight excluding hydrogens is 390 g/mol. The minimum Gasteiger partial charge on any atom is -0.434 e. The van der Waals surface area contributed by atoms with E-state index in [2.05, 4.69) is 25.2 Å². The van der Waals surface area contributed by atoms with Crippen LogP contribution in [0.5, 0.6) is 5.75 Å². The zero-order valence-corrected chi connectivity index (χ0v) is 15.8. The normalized spacial score (nSPS) is 11.5. The third kappa shape index (κ3) is 4.39. The summed E-state index contributed by atoms with van der Waals surface area (Å²) in [4.78, 5) is 32.7. The van der Waals surface area contributed by atoms with Crippen molar-refractivity contribution < 1.29 is 18.3 Å². The molecule has 1 aromatic carbocycles. The number of aromatic nitrogens is 2. The number of para-hydroxylation sites is 1. The molecule has 0 unspecified atom stereocenters. The number of alkyl halides is 2. The number of nitrogens with zero attached hydrogens (tertiary/aromatic N) is 2. The van der Waals surface area contributed by atoms with E-state index in [1.165, 1.54) is 29.7 Å². The van der Waals surface area contributed by atoms with E-state index in [1.807, 2.05) is 13.8 Å². The Bertz CT molecular complexity index is 1110. The number of hydrogen-bond acceptors (Lipinski definition) is 6. The van der Waals surface area contributed by atoms with Crippen molar-refractivity contribution in [3.63, 3.8) is 0 Å². The van der Waals surface area contributed by atoms with Gasteiger partial charge in [0.25, 0.3) is 5.56 Å². The third-order valence-electron chi connectivity index (χ3n) is 3.94. The van der Waals surface area contributed by atoms with Crippen LogP contribution in [-0.4, -0.2) is 28.7 Å². The highest BCUT2D eigenvalue weighted by atomic mass is 32.1. The molecule has 2 aromatic heterocycles. The first-order valence-electron chi connectivity index (χ1n) is 8.19. The summed E-state index contributed by atoms with van der Waals surface area (Å²) >= 11 is 1.39. The Kier molecular flexibility index (Phi) is 5.78. The van der Waals surface area contributed by atoms with Crippen molar-refractivity contribution in [2.24, 2.45) is 5.10 Å². The van der Waals surface area contributed by atoms with E-state index >= 15 is 0 Å². The molecule has 7 nitrogen and oxygen atoms in total. The fraction of sp³-hybridized carbons (Fsp3) is 0.222. The molecule has 2 heterocycles. The predicted octanol–water partition coefficient (Wildman–Crippen LogP) is 2.90. The number of benzene rings is 1. The van der Waals surface area contributed by atoms with Crippen LogP contribution in [0.2, 0.25) is 0 Å². The van der Waals surface area contributed by atoms with Crippen molar-refractivity contribution in [3.8, 4) is 5.75 Å².